The van der Waals surface area contributed by atoms with Crippen molar-refractivity contribution in [3.05, 3.63) is 29.8 Å². The number of methoxy groups -OCH3 is 1. The fourth-order valence-electron chi connectivity index (χ4n) is 2.51. The van der Waals surface area contributed by atoms with E-state index in [1.165, 1.54) is 5.56 Å². The molecule has 1 aromatic rings. The molecule has 1 atom stereocenters. The number of hydrogen-bond acceptors (Lipinski definition) is 4. The van der Waals surface area contributed by atoms with E-state index in [0.29, 0.717) is 6.54 Å². The van der Waals surface area contributed by atoms with Crippen LogP contribution in [0.4, 0.5) is 0 Å². The van der Waals surface area contributed by atoms with Crippen molar-refractivity contribution in [3.63, 3.8) is 0 Å². The number of thioether (sulfide) groups is 1. The predicted molar refractivity (Wildman–Crippen MR) is 97.6 cm³/mol. The van der Waals surface area contributed by atoms with E-state index in [0.717, 1.165) is 49.1 Å². The summed E-state index contributed by atoms with van der Waals surface area (Å²) in [7, 11) is 1.69. The predicted octanol–water partition coefficient (Wildman–Crippen LogP) is 1.66. The lowest BCUT2D eigenvalue weighted by Crippen LogP contribution is -2.40. The Morgan fingerprint density at radius 3 is 2.91 bits per heavy atom. The number of ether oxygens (including phenoxy) is 1. The van der Waals surface area contributed by atoms with Gasteiger partial charge in [-0.1, -0.05) is 18.2 Å². The normalized spacial score (nSPS) is 21.3. The number of guanidine groups is 1. The molecule has 0 spiro atoms. The molecule has 1 aromatic carbocycles. The van der Waals surface area contributed by atoms with Gasteiger partial charge in [-0.15, -0.1) is 0 Å². The highest BCUT2D eigenvalue weighted by Crippen LogP contribution is 2.27. The highest BCUT2D eigenvalue weighted by Gasteiger charge is 2.31. The van der Waals surface area contributed by atoms with E-state index in [-0.39, 0.29) is 0 Å². The van der Waals surface area contributed by atoms with Crippen molar-refractivity contribution in [1.29, 1.82) is 0 Å². The number of nitrogens with one attached hydrogen (secondary N) is 2. The molecule has 0 aliphatic carbocycles. The Kier molecular flexibility index (Phi) is 7.05. The van der Waals surface area contributed by atoms with Crippen LogP contribution in [0.5, 0.6) is 5.75 Å². The maximum Gasteiger partial charge on any atom is 0.191 e. The second-order valence-corrected chi connectivity index (χ2v) is 6.82. The molecule has 6 heteroatoms. The van der Waals surface area contributed by atoms with E-state index in [2.05, 4.69) is 21.7 Å². The molecular formula is C17H27N3O2S. The monoisotopic (exact) mass is 337 g/mol. The maximum atomic E-state index is 10.4. The summed E-state index contributed by atoms with van der Waals surface area (Å²) in [4.78, 5) is 4.54. The highest BCUT2D eigenvalue weighted by molar-refractivity contribution is 7.99. The van der Waals surface area contributed by atoms with Gasteiger partial charge in [0, 0.05) is 18.8 Å². The average molecular weight is 337 g/mol. The number of aliphatic imine (C=N–C) groups is 1. The van der Waals surface area contributed by atoms with Crippen LogP contribution in [0.3, 0.4) is 0 Å². The summed E-state index contributed by atoms with van der Waals surface area (Å²) < 4.78 is 5.37. The van der Waals surface area contributed by atoms with Crippen LogP contribution >= 0.6 is 11.8 Å². The van der Waals surface area contributed by atoms with Gasteiger partial charge >= 0.3 is 0 Å². The minimum absolute atomic E-state index is 0.448. The molecule has 1 aliphatic heterocycles. The molecule has 1 aliphatic rings. The first-order valence-electron chi connectivity index (χ1n) is 8.11. The Labute approximate surface area is 142 Å². The Hall–Kier alpha value is -1.40. The van der Waals surface area contributed by atoms with Gasteiger partial charge in [-0.25, -0.2) is 0 Å². The van der Waals surface area contributed by atoms with Crippen LogP contribution < -0.4 is 15.4 Å². The third-order valence-electron chi connectivity index (χ3n) is 3.84. The topological polar surface area (TPSA) is 65.9 Å². The van der Waals surface area contributed by atoms with Crippen LogP contribution in [-0.4, -0.2) is 54.9 Å². The van der Waals surface area contributed by atoms with Gasteiger partial charge in [0.1, 0.15) is 5.75 Å². The Bertz CT molecular complexity index is 516. The summed E-state index contributed by atoms with van der Waals surface area (Å²) in [5.41, 5.74) is 0.527. The summed E-state index contributed by atoms with van der Waals surface area (Å²) >= 11 is 1.79. The first-order valence-corrected chi connectivity index (χ1v) is 9.26. The molecule has 1 fully saturated rings. The van der Waals surface area contributed by atoms with Gasteiger partial charge in [-0.3, -0.25) is 4.99 Å². The molecule has 128 valence electrons. The Balaban J connectivity index is 1.86. The zero-order valence-corrected chi connectivity index (χ0v) is 14.8. The van der Waals surface area contributed by atoms with Crippen molar-refractivity contribution in [1.82, 2.24) is 10.6 Å². The van der Waals surface area contributed by atoms with Crippen molar-refractivity contribution in [2.75, 3.05) is 38.2 Å². The van der Waals surface area contributed by atoms with Crippen molar-refractivity contribution in [2.24, 2.45) is 4.99 Å². The number of benzene rings is 1. The number of nitrogens with zero attached hydrogens (tertiary/aromatic N) is 1. The first-order chi connectivity index (χ1) is 11.2. The molecule has 1 unspecified atom stereocenters. The molecule has 2 rings (SSSR count). The van der Waals surface area contributed by atoms with Crippen LogP contribution in [0.25, 0.3) is 0 Å². The smallest absolute Gasteiger partial charge is 0.191 e. The van der Waals surface area contributed by atoms with E-state index in [1.807, 2.05) is 25.1 Å². The molecule has 0 radical (unpaired) electrons. The molecule has 1 heterocycles. The highest BCUT2D eigenvalue weighted by atomic mass is 32.2. The minimum atomic E-state index is -0.643. The number of para-hydroxylation sites is 1. The van der Waals surface area contributed by atoms with Gasteiger partial charge in [0.2, 0.25) is 0 Å². The molecule has 0 bridgehead atoms. The van der Waals surface area contributed by atoms with Crippen molar-refractivity contribution in [3.8, 4) is 5.75 Å². The maximum absolute atomic E-state index is 10.4. The van der Waals surface area contributed by atoms with Crippen LogP contribution in [0.2, 0.25) is 0 Å². The fraction of sp³-hybridized carbons (Fsp3) is 0.588. The molecule has 3 N–H and O–H groups in total. The lowest BCUT2D eigenvalue weighted by Gasteiger charge is -2.20. The van der Waals surface area contributed by atoms with E-state index in [9.17, 15) is 5.11 Å². The zero-order chi connectivity index (χ0) is 16.5. The summed E-state index contributed by atoms with van der Waals surface area (Å²) in [5.74, 6) is 3.46. The number of rotatable bonds is 7. The molecule has 0 aromatic heterocycles. The fourth-order valence-corrected chi connectivity index (χ4v) is 3.80. The molecule has 23 heavy (non-hydrogen) atoms. The first kappa shape index (κ1) is 17.9. The van der Waals surface area contributed by atoms with Gasteiger partial charge in [0.15, 0.2) is 5.96 Å². The van der Waals surface area contributed by atoms with Gasteiger partial charge in [0.05, 0.1) is 19.3 Å². The van der Waals surface area contributed by atoms with E-state index in [4.69, 9.17) is 4.74 Å². The second kappa shape index (κ2) is 9.03. The molecule has 0 amide bonds. The summed E-state index contributed by atoms with van der Waals surface area (Å²) in [6.45, 7) is 4.05. The van der Waals surface area contributed by atoms with Crippen LogP contribution in [0.1, 0.15) is 18.9 Å². The Morgan fingerprint density at radius 1 is 1.39 bits per heavy atom. The largest absolute Gasteiger partial charge is 0.496 e. The lowest BCUT2D eigenvalue weighted by atomic mass is 10.1. The molecule has 5 nitrogen and oxygen atoms in total. The quantitative estimate of drug-likeness (QED) is 0.522. The minimum Gasteiger partial charge on any atom is -0.496 e. The molecule has 0 saturated carbocycles. The Morgan fingerprint density at radius 2 is 2.22 bits per heavy atom. The van der Waals surface area contributed by atoms with Crippen molar-refractivity contribution >= 4 is 17.7 Å². The third-order valence-corrected chi connectivity index (χ3v) is 5.07. The SMILES string of the molecule is CCNC(=NCC1(O)CCSC1)NCCc1ccccc1OC. The van der Waals surface area contributed by atoms with Gasteiger partial charge < -0.3 is 20.5 Å². The zero-order valence-electron chi connectivity index (χ0n) is 14.0. The van der Waals surface area contributed by atoms with Gasteiger partial charge in [0.25, 0.3) is 0 Å². The van der Waals surface area contributed by atoms with Crippen molar-refractivity contribution < 1.29 is 9.84 Å². The number of hydrogen-bond donors (Lipinski definition) is 3. The summed E-state index contributed by atoms with van der Waals surface area (Å²) in [6, 6.07) is 8.04. The average Bonchev–Trinajstić information content (AvgIpc) is 3.00. The molecule has 1 saturated heterocycles. The lowest BCUT2D eigenvalue weighted by molar-refractivity contribution is 0.0778. The van der Waals surface area contributed by atoms with Gasteiger partial charge in [-0.2, -0.15) is 11.8 Å². The van der Waals surface area contributed by atoms with Crippen LogP contribution in [0.15, 0.2) is 29.3 Å². The standard InChI is InChI=1S/C17H27N3O2S/c1-3-18-16(20-12-17(21)9-11-23-13-17)19-10-8-14-6-4-5-7-15(14)22-2/h4-7,21H,3,8-13H2,1-2H3,(H2,18,19,20). The third kappa shape index (κ3) is 5.62. The molecular weight excluding hydrogens is 310 g/mol. The summed E-state index contributed by atoms with van der Waals surface area (Å²) in [5, 5.41) is 16.9. The van der Waals surface area contributed by atoms with E-state index in [1.54, 1.807) is 18.9 Å². The van der Waals surface area contributed by atoms with E-state index >= 15 is 0 Å². The van der Waals surface area contributed by atoms with Crippen LogP contribution in [0, 0.1) is 0 Å². The van der Waals surface area contributed by atoms with Crippen molar-refractivity contribution in [2.45, 2.75) is 25.4 Å². The number of aliphatic hydroxyl groups is 1. The van der Waals surface area contributed by atoms with Gasteiger partial charge in [-0.05, 0) is 37.1 Å². The summed E-state index contributed by atoms with van der Waals surface area (Å²) in [6.07, 6.45) is 1.68. The van der Waals surface area contributed by atoms with Crippen LogP contribution in [-0.2, 0) is 6.42 Å². The van der Waals surface area contributed by atoms with E-state index < -0.39 is 5.60 Å². The second-order valence-electron chi connectivity index (χ2n) is 5.71.